The van der Waals surface area contributed by atoms with Gasteiger partial charge in [0.2, 0.25) is 0 Å². The molecule has 60 valence electrons. The molecule has 0 radical (unpaired) electrons. The van der Waals surface area contributed by atoms with Crippen molar-refractivity contribution in [2.75, 3.05) is 5.75 Å². The van der Waals surface area contributed by atoms with E-state index in [0.29, 0.717) is 0 Å². The Bertz CT molecular complexity index is 227. The van der Waals surface area contributed by atoms with Crippen molar-refractivity contribution in [1.29, 1.82) is 0 Å². The maximum absolute atomic E-state index is 9.82. The minimum Gasteiger partial charge on any atom is -0.748 e. The van der Waals surface area contributed by atoms with E-state index in [2.05, 4.69) is 5.73 Å². The van der Waals surface area contributed by atoms with E-state index in [1.807, 2.05) is 0 Å². The first kappa shape index (κ1) is 19.0. The second kappa shape index (κ2) is 7.72. The molecule has 0 fully saturated rings. The van der Waals surface area contributed by atoms with E-state index >= 15 is 0 Å². The predicted octanol–water partition coefficient (Wildman–Crippen LogP) is -9.38. The Kier molecular flexibility index (Phi) is 12.2. The number of hydrogen-bond acceptors (Lipinski definition) is 6. The van der Waals surface area contributed by atoms with Crippen molar-refractivity contribution in [2.24, 2.45) is 5.73 Å². The third kappa shape index (κ3) is 11.3. The molecule has 0 amide bonds. The third-order valence-electron chi connectivity index (χ3n) is 0.686. The van der Waals surface area contributed by atoms with Crippen LogP contribution in [0.15, 0.2) is 0 Å². The first-order chi connectivity index (χ1) is 4.33. The molecule has 0 aliphatic heterocycles. The largest absolute Gasteiger partial charge is 1.00 e. The zero-order valence-electron chi connectivity index (χ0n) is 6.81. The molecular formula is C3H5NNa2O5S. The number of aliphatic carboxylic acids is 1. The van der Waals surface area contributed by atoms with Gasteiger partial charge in [-0.3, -0.25) is 0 Å². The zero-order chi connectivity index (χ0) is 8.36. The summed E-state index contributed by atoms with van der Waals surface area (Å²) in [6, 6.07) is -1.73. The molecule has 12 heavy (non-hydrogen) atoms. The Balaban J connectivity index is -0.000000405. The topological polar surface area (TPSA) is 123 Å². The molecule has 0 aromatic carbocycles. The van der Waals surface area contributed by atoms with Gasteiger partial charge in [0.1, 0.15) is 0 Å². The summed E-state index contributed by atoms with van der Waals surface area (Å²) in [4.78, 5) is 9.74. The number of hydrogen-bond donors (Lipinski definition) is 1. The molecule has 0 saturated heterocycles. The van der Waals surface area contributed by atoms with Crippen molar-refractivity contribution in [2.45, 2.75) is 6.04 Å². The molecular weight excluding hydrogens is 208 g/mol. The van der Waals surface area contributed by atoms with Gasteiger partial charge in [-0.05, 0) is 0 Å². The molecule has 2 N–H and O–H groups in total. The third-order valence-corrected chi connectivity index (χ3v) is 1.45. The van der Waals surface area contributed by atoms with Gasteiger partial charge in [0.25, 0.3) is 0 Å². The Labute approximate surface area is 114 Å². The molecule has 0 rings (SSSR count). The zero-order valence-corrected chi connectivity index (χ0v) is 11.6. The fourth-order valence-electron chi connectivity index (χ4n) is 0.288. The van der Waals surface area contributed by atoms with Crippen LogP contribution >= 0.6 is 0 Å². The van der Waals surface area contributed by atoms with E-state index in [4.69, 9.17) is 0 Å². The SMILES string of the molecule is N[C@@H](CS(=O)(=O)[O-])C(=O)[O-].[Na+].[Na+]. The van der Waals surface area contributed by atoms with Crippen LogP contribution in [0.1, 0.15) is 0 Å². The Morgan fingerprint density at radius 2 is 1.75 bits per heavy atom. The number of carboxylic acid groups (broad SMARTS) is 1. The second-order valence-electron chi connectivity index (χ2n) is 1.65. The van der Waals surface area contributed by atoms with Crippen LogP contribution in [0.25, 0.3) is 0 Å². The molecule has 1 atom stereocenters. The number of rotatable bonds is 3. The van der Waals surface area contributed by atoms with Gasteiger partial charge in [0.15, 0.2) is 0 Å². The Morgan fingerprint density at radius 3 is 1.83 bits per heavy atom. The summed E-state index contributed by atoms with van der Waals surface area (Å²) in [5, 5.41) is 9.74. The van der Waals surface area contributed by atoms with Gasteiger partial charge in [0.05, 0.1) is 27.9 Å². The van der Waals surface area contributed by atoms with Gasteiger partial charge in [-0.1, -0.05) is 0 Å². The van der Waals surface area contributed by atoms with Crippen molar-refractivity contribution in [3.8, 4) is 0 Å². The fraction of sp³-hybridized carbons (Fsp3) is 0.667. The van der Waals surface area contributed by atoms with Crippen LogP contribution in [-0.4, -0.2) is 30.7 Å². The van der Waals surface area contributed by atoms with Crippen molar-refractivity contribution in [3.05, 3.63) is 0 Å². The predicted molar refractivity (Wildman–Crippen MR) is 27.5 cm³/mol. The smallest absolute Gasteiger partial charge is 0.748 e. The molecule has 6 nitrogen and oxygen atoms in total. The summed E-state index contributed by atoms with van der Waals surface area (Å²) in [7, 11) is -4.56. The minimum absolute atomic E-state index is 0. The van der Waals surface area contributed by atoms with Crippen molar-refractivity contribution < 1.29 is 82.0 Å². The van der Waals surface area contributed by atoms with Crippen molar-refractivity contribution in [1.82, 2.24) is 0 Å². The standard InChI is InChI=1S/C3H7NO5S.2Na/c4-2(3(5)6)1-10(7,8)9;;/h2H,1,4H2,(H,5,6)(H,7,8,9);;/q;2*+1/p-2/t2-;;/m0../s1. The Hall–Kier alpha value is 1.34. The van der Waals surface area contributed by atoms with Crippen LogP contribution in [0.3, 0.4) is 0 Å². The number of nitrogens with two attached hydrogens (primary N) is 1. The van der Waals surface area contributed by atoms with Crippen LogP contribution in [0, 0.1) is 0 Å². The normalized spacial score (nSPS) is 12.2. The van der Waals surface area contributed by atoms with Crippen LogP contribution < -0.4 is 70.0 Å². The van der Waals surface area contributed by atoms with E-state index < -0.39 is 27.9 Å². The Morgan fingerprint density at radius 1 is 1.42 bits per heavy atom. The first-order valence-corrected chi connectivity index (χ1v) is 3.80. The molecule has 0 bridgehead atoms. The molecule has 0 aliphatic carbocycles. The quantitative estimate of drug-likeness (QED) is 0.366. The van der Waals surface area contributed by atoms with Gasteiger partial charge < -0.3 is 20.2 Å². The van der Waals surface area contributed by atoms with Crippen molar-refractivity contribution in [3.63, 3.8) is 0 Å². The summed E-state index contributed by atoms with van der Waals surface area (Å²) >= 11 is 0. The van der Waals surface area contributed by atoms with Crippen LogP contribution in [0.4, 0.5) is 0 Å². The molecule has 0 aliphatic rings. The van der Waals surface area contributed by atoms with Gasteiger partial charge in [-0.25, -0.2) is 8.42 Å². The number of carbonyl (C=O) groups is 1. The van der Waals surface area contributed by atoms with Gasteiger partial charge in [-0.15, -0.1) is 0 Å². The summed E-state index contributed by atoms with van der Waals surface area (Å²) in [5.74, 6) is -2.88. The molecule has 0 aromatic heterocycles. The molecule has 0 heterocycles. The molecule has 9 heteroatoms. The molecule has 0 spiro atoms. The van der Waals surface area contributed by atoms with E-state index in [0.717, 1.165) is 0 Å². The minimum atomic E-state index is -4.56. The second-order valence-corrected chi connectivity index (χ2v) is 3.10. The van der Waals surface area contributed by atoms with E-state index in [1.165, 1.54) is 0 Å². The van der Waals surface area contributed by atoms with Gasteiger partial charge in [-0.2, -0.15) is 0 Å². The van der Waals surface area contributed by atoms with E-state index in [-0.39, 0.29) is 59.1 Å². The van der Waals surface area contributed by atoms with Crippen LogP contribution in [-0.2, 0) is 14.9 Å². The summed E-state index contributed by atoms with van der Waals surface area (Å²) in [6.45, 7) is 0. The average Bonchev–Trinajstić information content (AvgIpc) is 1.60. The average molecular weight is 213 g/mol. The van der Waals surface area contributed by atoms with Crippen LogP contribution in [0.2, 0.25) is 0 Å². The van der Waals surface area contributed by atoms with Gasteiger partial charge in [0, 0.05) is 0 Å². The summed E-state index contributed by atoms with van der Waals surface area (Å²) in [6.07, 6.45) is 0. The molecule has 0 aromatic rings. The van der Waals surface area contributed by atoms with Crippen LogP contribution in [0.5, 0.6) is 0 Å². The van der Waals surface area contributed by atoms with Gasteiger partial charge >= 0.3 is 59.1 Å². The summed E-state index contributed by atoms with van der Waals surface area (Å²) in [5.41, 5.74) is 4.66. The first-order valence-electron chi connectivity index (χ1n) is 2.23. The van der Waals surface area contributed by atoms with E-state index in [1.54, 1.807) is 0 Å². The molecule has 0 saturated carbocycles. The maximum Gasteiger partial charge on any atom is 1.00 e. The molecule has 0 unspecified atom stereocenters. The maximum atomic E-state index is 9.82. The monoisotopic (exact) mass is 213 g/mol. The summed E-state index contributed by atoms with van der Waals surface area (Å²) < 4.78 is 29.5. The number of carbonyl (C=O) groups excluding carboxylic acids is 1. The van der Waals surface area contributed by atoms with Crippen molar-refractivity contribution >= 4 is 16.1 Å². The van der Waals surface area contributed by atoms with E-state index in [9.17, 15) is 22.9 Å². The fourth-order valence-corrected chi connectivity index (χ4v) is 0.864. The number of carboxylic acids is 1.